The van der Waals surface area contributed by atoms with Gasteiger partial charge in [-0.05, 0) is 79.2 Å². The number of pyridine rings is 1. The summed E-state index contributed by atoms with van der Waals surface area (Å²) in [7, 11) is 4.07. The number of ether oxygens (including phenoxy) is 1. The van der Waals surface area contributed by atoms with Crippen LogP contribution < -0.4 is 5.32 Å². The van der Waals surface area contributed by atoms with E-state index in [0.717, 1.165) is 44.9 Å². The van der Waals surface area contributed by atoms with E-state index in [9.17, 15) is 27.9 Å². The number of carboxylic acid groups (broad SMARTS) is 1. The van der Waals surface area contributed by atoms with E-state index < -0.39 is 29.6 Å². The number of nitrogens with zero attached hydrogens (tertiary/aromatic N) is 3. The summed E-state index contributed by atoms with van der Waals surface area (Å²) >= 11 is 0. The molecule has 6 rings (SSSR count). The van der Waals surface area contributed by atoms with Crippen LogP contribution in [-0.2, 0) is 27.3 Å². The van der Waals surface area contributed by atoms with Crippen LogP contribution in [0.25, 0.3) is 32.8 Å². The molecule has 49 heavy (non-hydrogen) atoms. The number of carbonyl (C=O) groups excluding carboxylic acids is 1. The molecule has 1 aliphatic carbocycles. The molecule has 0 bridgehead atoms. The summed E-state index contributed by atoms with van der Waals surface area (Å²) in [5.41, 5.74) is 2.86. The van der Waals surface area contributed by atoms with E-state index >= 15 is 0 Å². The topological polar surface area (TPSA) is 95.0 Å². The van der Waals surface area contributed by atoms with Crippen LogP contribution in [0.4, 0.5) is 13.2 Å². The van der Waals surface area contributed by atoms with Gasteiger partial charge in [-0.2, -0.15) is 13.2 Å². The lowest BCUT2D eigenvalue weighted by Gasteiger charge is -2.46. The van der Waals surface area contributed by atoms with Crippen LogP contribution in [0.15, 0.2) is 66.9 Å². The van der Waals surface area contributed by atoms with Crippen molar-refractivity contribution in [1.29, 1.82) is 0 Å². The summed E-state index contributed by atoms with van der Waals surface area (Å²) in [5, 5.41) is 16.9. The fourth-order valence-corrected chi connectivity index (χ4v) is 7.55. The Bertz CT molecular complexity index is 1840. The highest BCUT2D eigenvalue weighted by Gasteiger charge is 2.49. The molecule has 2 fully saturated rings. The van der Waals surface area contributed by atoms with Crippen molar-refractivity contribution in [3.63, 3.8) is 0 Å². The third-order valence-electron chi connectivity index (χ3n) is 10.2. The van der Waals surface area contributed by atoms with Gasteiger partial charge in [0.05, 0.1) is 18.9 Å². The number of nitrogens with one attached hydrogen (secondary N) is 1. The maximum atomic E-state index is 13.7. The molecular formula is C38H43F3N4O4. The van der Waals surface area contributed by atoms with Crippen LogP contribution in [0.2, 0.25) is 0 Å². The zero-order valence-electron chi connectivity index (χ0n) is 28.1. The number of morpholine rings is 1. The number of carboxylic acids is 1. The summed E-state index contributed by atoms with van der Waals surface area (Å²) < 4.78 is 46.2. The van der Waals surface area contributed by atoms with Crippen LogP contribution in [0.3, 0.4) is 0 Å². The summed E-state index contributed by atoms with van der Waals surface area (Å²) in [6.07, 6.45) is -0.956. The Morgan fingerprint density at radius 1 is 1.06 bits per heavy atom. The molecule has 0 spiro atoms. The second-order valence-corrected chi connectivity index (χ2v) is 14.0. The van der Waals surface area contributed by atoms with E-state index in [2.05, 4.69) is 28.4 Å². The zero-order chi connectivity index (χ0) is 34.9. The first-order valence-corrected chi connectivity index (χ1v) is 16.8. The van der Waals surface area contributed by atoms with E-state index in [1.165, 1.54) is 10.5 Å². The van der Waals surface area contributed by atoms with Gasteiger partial charge in [-0.15, -0.1) is 0 Å². The predicted molar refractivity (Wildman–Crippen MR) is 183 cm³/mol. The molecule has 3 aromatic carbocycles. The summed E-state index contributed by atoms with van der Waals surface area (Å²) in [4.78, 5) is 34.5. The molecule has 1 saturated carbocycles. The second-order valence-electron chi connectivity index (χ2n) is 14.0. The van der Waals surface area contributed by atoms with Gasteiger partial charge in [0, 0.05) is 48.1 Å². The van der Waals surface area contributed by atoms with Crippen molar-refractivity contribution in [3.05, 3.63) is 78.0 Å². The molecule has 0 unspecified atom stereocenters. The zero-order valence-corrected chi connectivity index (χ0v) is 28.1. The van der Waals surface area contributed by atoms with E-state index in [1.54, 1.807) is 13.1 Å². The number of rotatable bonds is 9. The summed E-state index contributed by atoms with van der Waals surface area (Å²) in [6.45, 7) is 2.66. The third kappa shape index (κ3) is 7.44. The predicted octanol–water partition coefficient (Wildman–Crippen LogP) is 6.44. The highest BCUT2D eigenvalue weighted by molar-refractivity contribution is 6.05. The summed E-state index contributed by atoms with van der Waals surface area (Å²) in [5.74, 6) is -1.54. The van der Waals surface area contributed by atoms with Crippen molar-refractivity contribution in [3.8, 4) is 11.3 Å². The maximum Gasteiger partial charge on any atom is 0.406 e. The molecule has 1 saturated heterocycles. The first-order chi connectivity index (χ1) is 23.3. The minimum Gasteiger partial charge on any atom is -0.480 e. The molecule has 4 aromatic rings. The average molecular weight is 677 g/mol. The lowest BCUT2D eigenvalue weighted by Crippen LogP contribution is -2.58. The standard InChI is InChI=1S/C38H43F3N4O4/c1-37(15-12-27(13-16-37)45-18-19-49-23-33(45)38(39,40)41)36(48)43-32(35(46)47)21-25-6-4-8-30-28(25)7-5-9-31(30)34-29-11-10-24(22-44(2)3)20-26(29)14-17-42-34/h4-11,14,17,20,27,32-33H,12-13,15-16,18-19,21-23H2,1-3H3,(H,43,48)(H,46,47)/t27?,32-,33+,37?/m0/s1. The van der Waals surface area contributed by atoms with Gasteiger partial charge in [0.25, 0.3) is 0 Å². The third-order valence-corrected chi connectivity index (χ3v) is 10.2. The lowest BCUT2D eigenvalue weighted by atomic mass is 9.72. The number of amides is 1. The number of hydrogen-bond acceptors (Lipinski definition) is 6. The van der Waals surface area contributed by atoms with Gasteiger partial charge < -0.3 is 20.1 Å². The molecule has 2 aliphatic rings. The van der Waals surface area contributed by atoms with Crippen molar-refractivity contribution >= 4 is 33.4 Å². The normalized spacial score (nSPS) is 22.8. The molecule has 2 heterocycles. The first kappa shape index (κ1) is 34.8. The minimum atomic E-state index is -4.39. The highest BCUT2D eigenvalue weighted by atomic mass is 19.4. The van der Waals surface area contributed by atoms with Gasteiger partial charge in [-0.1, -0.05) is 55.5 Å². The number of alkyl halides is 3. The van der Waals surface area contributed by atoms with Gasteiger partial charge in [0.2, 0.25) is 5.91 Å². The van der Waals surface area contributed by atoms with E-state index in [0.29, 0.717) is 25.7 Å². The van der Waals surface area contributed by atoms with Gasteiger partial charge in [-0.25, -0.2) is 4.79 Å². The molecule has 1 amide bonds. The number of halogens is 3. The smallest absolute Gasteiger partial charge is 0.406 e. The first-order valence-electron chi connectivity index (χ1n) is 16.8. The fourth-order valence-electron chi connectivity index (χ4n) is 7.55. The van der Waals surface area contributed by atoms with Gasteiger partial charge >= 0.3 is 12.1 Å². The average Bonchev–Trinajstić information content (AvgIpc) is 3.07. The summed E-state index contributed by atoms with van der Waals surface area (Å²) in [6, 6.07) is 16.9. The Morgan fingerprint density at radius 2 is 1.80 bits per heavy atom. The fraction of sp³-hybridized carbons (Fsp3) is 0.447. The van der Waals surface area contributed by atoms with Crippen molar-refractivity contribution in [2.75, 3.05) is 33.9 Å². The molecular weight excluding hydrogens is 633 g/mol. The molecule has 1 aliphatic heterocycles. The van der Waals surface area contributed by atoms with Crippen LogP contribution >= 0.6 is 0 Å². The van der Waals surface area contributed by atoms with Gasteiger partial charge in [0.15, 0.2) is 0 Å². The van der Waals surface area contributed by atoms with E-state index in [-0.39, 0.29) is 38.1 Å². The van der Waals surface area contributed by atoms with Crippen molar-refractivity contribution in [2.24, 2.45) is 5.41 Å². The quantitative estimate of drug-likeness (QED) is 0.211. The van der Waals surface area contributed by atoms with Crippen LogP contribution in [0.1, 0.15) is 43.7 Å². The molecule has 260 valence electrons. The van der Waals surface area contributed by atoms with Gasteiger partial charge in [0.1, 0.15) is 12.1 Å². The molecule has 11 heteroatoms. The SMILES string of the molecule is CN(C)Cc1ccc2c(-c3cccc4c(C[C@H](NC(=O)C5(C)CCC(N6CCOC[C@@H]6C(F)(F)F)CC5)C(=O)O)cccc34)nccc2c1. The number of hydrogen-bond donors (Lipinski definition) is 2. The Morgan fingerprint density at radius 3 is 2.51 bits per heavy atom. The number of fused-ring (bicyclic) bond motifs is 2. The lowest BCUT2D eigenvalue weighted by molar-refractivity contribution is -0.221. The molecule has 1 aromatic heterocycles. The minimum absolute atomic E-state index is 0.0679. The van der Waals surface area contributed by atoms with Crippen molar-refractivity contribution < 1.29 is 32.6 Å². The highest BCUT2D eigenvalue weighted by Crippen LogP contribution is 2.41. The number of aromatic nitrogens is 1. The second kappa shape index (κ2) is 14.0. The monoisotopic (exact) mass is 676 g/mol. The van der Waals surface area contributed by atoms with Crippen LogP contribution in [0, 0.1) is 5.41 Å². The van der Waals surface area contributed by atoms with Crippen molar-refractivity contribution in [1.82, 2.24) is 20.1 Å². The van der Waals surface area contributed by atoms with E-state index in [4.69, 9.17) is 9.72 Å². The molecule has 8 nitrogen and oxygen atoms in total. The molecule has 2 atom stereocenters. The Kier molecular flexibility index (Phi) is 9.97. The maximum absolute atomic E-state index is 13.7. The van der Waals surface area contributed by atoms with Crippen LogP contribution in [0.5, 0.6) is 0 Å². The Balaban J connectivity index is 1.20. The van der Waals surface area contributed by atoms with E-state index in [1.807, 2.05) is 56.6 Å². The molecule has 0 radical (unpaired) electrons. The Hall–Kier alpha value is -4.06. The molecule has 2 N–H and O–H groups in total. The number of carbonyl (C=O) groups is 2. The van der Waals surface area contributed by atoms with Crippen molar-refractivity contribution in [2.45, 2.75) is 69.9 Å². The number of aliphatic carboxylic acids is 1. The van der Waals surface area contributed by atoms with Crippen LogP contribution in [-0.4, -0.2) is 89.9 Å². The largest absolute Gasteiger partial charge is 0.480 e. The van der Waals surface area contributed by atoms with Gasteiger partial charge in [-0.3, -0.25) is 14.7 Å². The Labute approximate surface area is 284 Å². The number of benzene rings is 3.